The van der Waals surface area contributed by atoms with Gasteiger partial charge in [0.05, 0.1) is 12.1 Å². The lowest BCUT2D eigenvalue weighted by atomic mass is 9.95. The van der Waals surface area contributed by atoms with E-state index in [1.165, 1.54) is 12.1 Å². The van der Waals surface area contributed by atoms with Crippen molar-refractivity contribution in [3.63, 3.8) is 0 Å². The van der Waals surface area contributed by atoms with Crippen LogP contribution in [-0.4, -0.2) is 18.4 Å². The second-order valence-corrected chi connectivity index (χ2v) is 7.35. The summed E-state index contributed by atoms with van der Waals surface area (Å²) in [7, 11) is 0. The molecule has 152 valence electrons. The lowest BCUT2D eigenvalue weighted by Crippen LogP contribution is -2.28. The number of halogens is 3. The van der Waals surface area contributed by atoms with Gasteiger partial charge in [0.1, 0.15) is 0 Å². The van der Waals surface area contributed by atoms with E-state index in [1.54, 1.807) is 45.0 Å². The smallest absolute Gasteiger partial charge is 0.341 e. The van der Waals surface area contributed by atoms with E-state index in [-0.39, 0.29) is 18.0 Å². The third kappa shape index (κ3) is 6.68. The molecule has 0 radical (unpaired) electrons. The molecule has 0 unspecified atom stereocenters. The lowest BCUT2D eigenvalue weighted by molar-refractivity contribution is -0.137. The molecular weight excluding hydrogens is 381 g/mol. The zero-order valence-electron chi connectivity index (χ0n) is 16.3. The van der Waals surface area contributed by atoms with Crippen LogP contribution in [0.15, 0.2) is 48.5 Å². The third-order valence-electron chi connectivity index (χ3n) is 3.82. The monoisotopic (exact) mass is 402 g/mol. The predicted molar refractivity (Wildman–Crippen MR) is 105 cm³/mol. The van der Waals surface area contributed by atoms with Crippen LogP contribution in [0.5, 0.6) is 0 Å². The molecule has 0 bridgehead atoms. The summed E-state index contributed by atoms with van der Waals surface area (Å²) in [5.74, 6) is 4.64. The summed E-state index contributed by atoms with van der Waals surface area (Å²) >= 11 is 0. The zero-order valence-corrected chi connectivity index (χ0v) is 16.3. The Labute approximate surface area is 167 Å². The fraction of sp³-hybridized carbons (Fsp3) is 0.273. The van der Waals surface area contributed by atoms with Crippen molar-refractivity contribution in [1.29, 1.82) is 0 Å². The molecule has 29 heavy (non-hydrogen) atoms. The van der Waals surface area contributed by atoms with Crippen molar-refractivity contribution in [2.24, 2.45) is 5.41 Å². The number of carbonyl (C=O) groups is 2. The van der Waals surface area contributed by atoms with E-state index in [9.17, 15) is 22.8 Å². The molecule has 0 saturated heterocycles. The molecule has 4 nitrogen and oxygen atoms in total. The van der Waals surface area contributed by atoms with Gasteiger partial charge in [0.25, 0.3) is 5.91 Å². The molecule has 0 aliphatic heterocycles. The minimum absolute atomic E-state index is 0.0341. The van der Waals surface area contributed by atoms with Crippen molar-refractivity contribution in [2.45, 2.75) is 26.9 Å². The topological polar surface area (TPSA) is 58.2 Å². The molecular formula is C22H21F3N2O2. The first-order valence-electron chi connectivity index (χ1n) is 8.83. The Morgan fingerprint density at radius 2 is 1.69 bits per heavy atom. The molecule has 0 aromatic heterocycles. The number of amides is 2. The standard InChI is InChI=1S/C22H21F3N2O2/c1-21(2,3)20(29)27-18-11-5-9-16(14-18)19(28)26-12-6-8-15-7-4-10-17(13-15)22(23,24)25/h4-5,7,9-11,13-14H,12H2,1-3H3,(H,26,28)(H,27,29). The molecule has 2 N–H and O–H groups in total. The van der Waals surface area contributed by atoms with E-state index in [1.807, 2.05) is 0 Å². The van der Waals surface area contributed by atoms with E-state index < -0.39 is 23.1 Å². The Kier molecular flexibility index (Phi) is 6.70. The van der Waals surface area contributed by atoms with E-state index in [2.05, 4.69) is 22.5 Å². The molecule has 2 rings (SSSR count). The SMILES string of the molecule is CC(C)(C)C(=O)Nc1cccc(C(=O)NCC#Cc2cccc(C(F)(F)F)c2)c1. The highest BCUT2D eigenvalue weighted by molar-refractivity contribution is 5.98. The number of benzene rings is 2. The van der Waals surface area contributed by atoms with Gasteiger partial charge in [-0.3, -0.25) is 9.59 Å². The van der Waals surface area contributed by atoms with Crippen LogP contribution in [0.1, 0.15) is 42.3 Å². The Hall–Kier alpha value is -3.27. The van der Waals surface area contributed by atoms with E-state index >= 15 is 0 Å². The second kappa shape index (κ2) is 8.82. The largest absolute Gasteiger partial charge is 0.416 e. The zero-order chi connectivity index (χ0) is 21.7. The van der Waals surface area contributed by atoms with Gasteiger partial charge in [0, 0.05) is 22.2 Å². The normalized spacial score (nSPS) is 11.2. The summed E-state index contributed by atoms with van der Waals surface area (Å²) in [5, 5.41) is 5.32. The van der Waals surface area contributed by atoms with Gasteiger partial charge < -0.3 is 10.6 Å². The van der Waals surface area contributed by atoms with Gasteiger partial charge in [0.2, 0.25) is 5.91 Å². The number of hydrogen-bond donors (Lipinski definition) is 2. The van der Waals surface area contributed by atoms with Gasteiger partial charge in [-0.15, -0.1) is 0 Å². The molecule has 0 saturated carbocycles. The fourth-order valence-corrected chi connectivity index (χ4v) is 2.20. The average molecular weight is 402 g/mol. The van der Waals surface area contributed by atoms with Crippen molar-refractivity contribution in [3.05, 3.63) is 65.2 Å². The van der Waals surface area contributed by atoms with Gasteiger partial charge in [-0.05, 0) is 36.4 Å². The number of alkyl halides is 3. The highest BCUT2D eigenvalue weighted by atomic mass is 19.4. The maximum Gasteiger partial charge on any atom is 0.416 e. The maximum atomic E-state index is 12.7. The van der Waals surface area contributed by atoms with Crippen molar-refractivity contribution >= 4 is 17.5 Å². The van der Waals surface area contributed by atoms with Crippen molar-refractivity contribution in [1.82, 2.24) is 5.32 Å². The van der Waals surface area contributed by atoms with Crippen LogP contribution >= 0.6 is 0 Å². The van der Waals surface area contributed by atoms with Gasteiger partial charge in [-0.2, -0.15) is 13.2 Å². The average Bonchev–Trinajstić information content (AvgIpc) is 2.64. The minimum Gasteiger partial charge on any atom is -0.341 e. The van der Waals surface area contributed by atoms with Crippen LogP contribution in [0.4, 0.5) is 18.9 Å². The second-order valence-electron chi connectivity index (χ2n) is 7.35. The van der Waals surface area contributed by atoms with Crippen molar-refractivity contribution in [2.75, 3.05) is 11.9 Å². The minimum atomic E-state index is -4.43. The Bertz CT molecular complexity index is 964. The van der Waals surface area contributed by atoms with Crippen LogP contribution in [0.3, 0.4) is 0 Å². The predicted octanol–water partition coefficient (Wildman–Crippen LogP) is 4.47. The molecule has 0 heterocycles. The van der Waals surface area contributed by atoms with E-state index in [0.717, 1.165) is 12.1 Å². The third-order valence-corrected chi connectivity index (χ3v) is 3.82. The summed E-state index contributed by atoms with van der Waals surface area (Å²) in [4.78, 5) is 24.3. The van der Waals surface area contributed by atoms with Crippen LogP contribution < -0.4 is 10.6 Å². The van der Waals surface area contributed by atoms with Gasteiger partial charge in [-0.1, -0.05) is 44.7 Å². The van der Waals surface area contributed by atoms with Gasteiger partial charge in [-0.25, -0.2) is 0 Å². The summed E-state index contributed by atoms with van der Waals surface area (Å²) in [6, 6.07) is 11.1. The Morgan fingerprint density at radius 1 is 1.00 bits per heavy atom. The Balaban J connectivity index is 1.98. The highest BCUT2D eigenvalue weighted by Crippen LogP contribution is 2.29. The molecule has 2 amide bonds. The first kappa shape index (κ1) is 22.0. The van der Waals surface area contributed by atoms with Gasteiger partial charge in [0.15, 0.2) is 0 Å². The lowest BCUT2D eigenvalue weighted by Gasteiger charge is -2.17. The Morgan fingerprint density at radius 3 is 2.34 bits per heavy atom. The van der Waals surface area contributed by atoms with Gasteiger partial charge >= 0.3 is 6.18 Å². The van der Waals surface area contributed by atoms with Crippen molar-refractivity contribution in [3.8, 4) is 11.8 Å². The molecule has 0 aliphatic carbocycles. The molecule has 7 heteroatoms. The van der Waals surface area contributed by atoms with Crippen molar-refractivity contribution < 1.29 is 22.8 Å². The summed E-state index contributed by atoms with van der Waals surface area (Å²) in [5.41, 5.74) is -0.314. The number of carbonyl (C=O) groups excluding carboxylic acids is 2. The number of anilines is 1. The molecule has 2 aromatic carbocycles. The van der Waals surface area contributed by atoms with E-state index in [4.69, 9.17) is 0 Å². The number of nitrogens with one attached hydrogen (secondary N) is 2. The highest BCUT2D eigenvalue weighted by Gasteiger charge is 2.30. The number of rotatable bonds is 3. The molecule has 0 atom stereocenters. The number of hydrogen-bond acceptors (Lipinski definition) is 2. The van der Waals surface area contributed by atoms with Crippen LogP contribution in [0, 0.1) is 17.3 Å². The molecule has 2 aromatic rings. The fourth-order valence-electron chi connectivity index (χ4n) is 2.20. The molecule has 0 fully saturated rings. The molecule has 0 spiro atoms. The first-order chi connectivity index (χ1) is 13.5. The summed E-state index contributed by atoms with van der Waals surface area (Å²) in [6.07, 6.45) is -4.43. The summed E-state index contributed by atoms with van der Waals surface area (Å²) < 4.78 is 38.1. The summed E-state index contributed by atoms with van der Waals surface area (Å²) in [6.45, 7) is 5.31. The maximum absolute atomic E-state index is 12.7. The van der Waals surface area contributed by atoms with Crippen LogP contribution in [-0.2, 0) is 11.0 Å². The first-order valence-corrected chi connectivity index (χ1v) is 8.83. The van der Waals surface area contributed by atoms with E-state index in [0.29, 0.717) is 11.3 Å². The van der Waals surface area contributed by atoms with Crippen LogP contribution in [0.25, 0.3) is 0 Å². The molecule has 0 aliphatic rings. The van der Waals surface area contributed by atoms with Crippen LogP contribution in [0.2, 0.25) is 0 Å². The quantitative estimate of drug-likeness (QED) is 0.745.